The summed E-state index contributed by atoms with van der Waals surface area (Å²) in [6.07, 6.45) is 3.33. The molecule has 0 spiro atoms. The molecule has 2 rings (SSSR count). The van der Waals surface area contributed by atoms with Crippen LogP contribution in [-0.4, -0.2) is 35.3 Å². The average molecular weight is 343 g/mol. The first-order chi connectivity index (χ1) is 12.0. The molecule has 2 amide bonds. The van der Waals surface area contributed by atoms with E-state index < -0.39 is 0 Å². The Morgan fingerprint density at radius 3 is 2.72 bits per heavy atom. The van der Waals surface area contributed by atoms with Crippen molar-refractivity contribution in [2.24, 2.45) is 0 Å². The molecular formula is C19H22FN3O2. The van der Waals surface area contributed by atoms with Crippen molar-refractivity contribution in [3.63, 3.8) is 0 Å². The molecule has 0 aliphatic heterocycles. The smallest absolute Gasteiger partial charge is 0.272 e. The van der Waals surface area contributed by atoms with Crippen LogP contribution >= 0.6 is 0 Å². The molecule has 0 fully saturated rings. The van der Waals surface area contributed by atoms with E-state index in [2.05, 4.69) is 17.2 Å². The molecule has 0 saturated carbocycles. The van der Waals surface area contributed by atoms with Crippen LogP contribution < -0.4 is 5.32 Å². The summed E-state index contributed by atoms with van der Waals surface area (Å²) < 4.78 is 13.6. The van der Waals surface area contributed by atoms with Crippen LogP contribution in [0.2, 0.25) is 0 Å². The number of aromatic nitrogens is 1. The fourth-order valence-corrected chi connectivity index (χ4v) is 2.30. The highest BCUT2D eigenvalue weighted by atomic mass is 19.1. The van der Waals surface area contributed by atoms with Crippen molar-refractivity contribution < 1.29 is 14.0 Å². The van der Waals surface area contributed by atoms with Gasteiger partial charge in [-0.2, -0.15) is 0 Å². The van der Waals surface area contributed by atoms with Gasteiger partial charge >= 0.3 is 0 Å². The van der Waals surface area contributed by atoms with E-state index in [4.69, 9.17) is 0 Å². The second kappa shape index (κ2) is 8.92. The third-order valence-corrected chi connectivity index (χ3v) is 3.83. The van der Waals surface area contributed by atoms with Crippen molar-refractivity contribution in [3.05, 3.63) is 65.2 Å². The van der Waals surface area contributed by atoms with Crippen LogP contribution in [0.3, 0.4) is 0 Å². The zero-order valence-corrected chi connectivity index (χ0v) is 14.5. The molecular weight excluding hydrogens is 321 g/mol. The Morgan fingerprint density at radius 2 is 2.00 bits per heavy atom. The summed E-state index contributed by atoms with van der Waals surface area (Å²) in [5.74, 6) is -0.973. The number of benzene rings is 1. The number of hydrogen-bond acceptors (Lipinski definition) is 3. The quantitative estimate of drug-likeness (QED) is 0.840. The highest BCUT2D eigenvalue weighted by molar-refractivity contribution is 5.98. The Balaban J connectivity index is 2.03. The normalized spacial score (nSPS) is 10.4. The van der Waals surface area contributed by atoms with Gasteiger partial charge in [0, 0.05) is 37.5 Å². The minimum absolute atomic E-state index is 0.0769. The minimum Gasteiger partial charge on any atom is -0.348 e. The summed E-state index contributed by atoms with van der Waals surface area (Å²) in [5, 5.41) is 2.65. The SMILES string of the molecule is CCCCN(C)C(=O)c1cc(C(=O)NCc2ccccc2F)ccn1. The van der Waals surface area contributed by atoms with Crippen LogP contribution in [0.15, 0.2) is 42.6 Å². The molecule has 0 unspecified atom stereocenters. The monoisotopic (exact) mass is 343 g/mol. The van der Waals surface area contributed by atoms with Crippen LogP contribution in [0.5, 0.6) is 0 Å². The van der Waals surface area contributed by atoms with Gasteiger partial charge in [0.15, 0.2) is 0 Å². The molecule has 2 aromatic rings. The molecule has 1 N–H and O–H groups in total. The van der Waals surface area contributed by atoms with Crippen molar-refractivity contribution >= 4 is 11.8 Å². The summed E-state index contributed by atoms with van der Waals surface area (Å²) in [5.41, 5.74) is 0.941. The van der Waals surface area contributed by atoms with Gasteiger partial charge in [0.05, 0.1) is 0 Å². The average Bonchev–Trinajstić information content (AvgIpc) is 2.64. The van der Waals surface area contributed by atoms with Crippen molar-refractivity contribution in [3.8, 4) is 0 Å². The highest BCUT2D eigenvalue weighted by Gasteiger charge is 2.15. The van der Waals surface area contributed by atoms with E-state index in [1.165, 1.54) is 24.4 Å². The van der Waals surface area contributed by atoms with Gasteiger partial charge in [-0.05, 0) is 24.6 Å². The highest BCUT2D eigenvalue weighted by Crippen LogP contribution is 2.08. The number of carbonyl (C=O) groups excluding carboxylic acids is 2. The molecule has 0 aliphatic carbocycles. The molecule has 0 radical (unpaired) electrons. The third kappa shape index (κ3) is 5.11. The van der Waals surface area contributed by atoms with Gasteiger partial charge in [0.1, 0.15) is 11.5 Å². The number of carbonyl (C=O) groups is 2. The lowest BCUT2D eigenvalue weighted by molar-refractivity contribution is 0.0787. The number of unbranched alkanes of at least 4 members (excludes halogenated alkanes) is 1. The lowest BCUT2D eigenvalue weighted by Crippen LogP contribution is -2.29. The number of amides is 2. The zero-order valence-electron chi connectivity index (χ0n) is 14.5. The predicted octanol–water partition coefficient (Wildman–Crippen LogP) is 3.02. The Kier molecular flexibility index (Phi) is 6.62. The van der Waals surface area contributed by atoms with Crippen LogP contribution in [-0.2, 0) is 6.54 Å². The van der Waals surface area contributed by atoms with Gasteiger partial charge in [0.25, 0.3) is 11.8 Å². The van der Waals surface area contributed by atoms with Gasteiger partial charge in [0.2, 0.25) is 0 Å². The molecule has 25 heavy (non-hydrogen) atoms. The van der Waals surface area contributed by atoms with Crippen molar-refractivity contribution in [2.45, 2.75) is 26.3 Å². The summed E-state index contributed by atoms with van der Waals surface area (Å²) >= 11 is 0. The molecule has 0 saturated heterocycles. The maximum atomic E-state index is 13.6. The molecule has 0 aliphatic rings. The van der Waals surface area contributed by atoms with E-state index in [1.54, 1.807) is 30.1 Å². The topological polar surface area (TPSA) is 62.3 Å². The van der Waals surface area contributed by atoms with E-state index >= 15 is 0 Å². The first-order valence-corrected chi connectivity index (χ1v) is 8.26. The standard InChI is InChI=1S/C19H22FN3O2/c1-3-4-11-23(2)19(25)17-12-14(9-10-21-17)18(24)22-13-15-7-5-6-8-16(15)20/h5-10,12H,3-4,11,13H2,1-2H3,(H,22,24). The number of halogens is 1. The van der Waals surface area contributed by atoms with Gasteiger partial charge in [-0.25, -0.2) is 4.39 Å². The summed E-state index contributed by atoms with van der Waals surface area (Å²) in [6, 6.07) is 9.24. The minimum atomic E-state index is -0.379. The molecule has 1 aromatic carbocycles. The first kappa shape index (κ1) is 18.6. The summed E-state index contributed by atoms with van der Waals surface area (Å²) in [4.78, 5) is 30.2. The second-order valence-corrected chi connectivity index (χ2v) is 5.78. The van der Waals surface area contributed by atoms with E-state index in [-0.39, 0.29) is 29.9 Å². The van der Waals surface area contributed by atoms with Crippen LogP contribution in [0.25, 0.3) is 0 Å². The largest absolute Gasteiger partial charge is 0.348 e. The van der Waals surface area contributed by atoms with Crippen LogP contribution in [0.4, 0.5) is 4.39 Å². The van der Waals surface area contributed by atoms with Crippen LogP contribution in [0, 0.1) is 5.82 Å². The summed E-state index contributed by atoms with van der Waals surface area (Å²) in [7, 11) is 1.71. The molecule has 6 heteroatoms. The summed E-state index contributed by atoms with van der Waals surface area (Å²) in [6.45, 7) is 2.77. The first-order valence-electron chi connectivity index (χ1n) is 8.26. The number of rotatable bonds is 7. The molecule has 0 atom stereocenters. The maximum Gasteiger partial charge on any atom is 0.272 e. The zero-order chi connectivity index (χ0) is 18.2. The number of hydrogen-bond donors (Lipinski definition) is 1. The Labute approximate surface area is 146 Å². The van der Waals surface area contributed by atoms with Gasteiger partial charge in [-0.1, -0.05) is 31.5 Å². The fourth-order valence-electron chi connectivity index (χ4n) is 2.30. The van der Waals surface area contributed by atoms with E-state index in [0.717, 1.165) is 12.8 Å². The number of nitrogens with zero attached hydrogens (tertiary/aromatic N) is 2. The van der Waals surface area contributed by atoms with Crippen molar-refractivity contribution in [2.75, 3.05) is 13.6 Å². The van der Waals surface area contributed by atoms with Gasteiger partial charge < -0.3 is 10.2 Å². The maximum absolute atomic E-state index is 13.6. The molecule has 0 bridgehead atoms. The Morgan fingerprint density at radius 1 is 1.24 bits per heavy atom. The Bertz CT molecular complexity index is 749. The number of nitrogens with one attached hydrogen (secondary N) is 1. The van der Waals surface area contributed by atoms with E-state index in [9.17, 15) is 14.0 Å². The lowest BCUT2D eigenvalue weighted by atomic mass is 10.1. The second-order valence-electron chi connectivity index (χ2n) is 5.78. The fraction of sp³-hybridized carbons (Fsp3) is 0.316. The molecule has 1 aromatic heterocycles. The van der Waals surface area contributed by atoms with Gasteiger partial charge in [-0.15, -0.1) is 0 Å². The predicted molar refractivity (Wildman–Crippen MR) is 93.7 cm³/mol. The molecule has 5 nitrogen and oxygen atoms in total. The third-order valence-electron chi connectivity index (χ3n) is 3.83. The van der Waals surface area contributed by atoms with Gasteiger partial charge in [-0.3, -0.25) is 14.6 Å². The number of pyridine rings is 1. The van der Waals surface area contributed by atoms with E-state index in [0.29, 0.717) is 17.7 Å². The Hall–Kier alpha value is -2.76. The lowest BCUT2D eigenvalue weighted by Gasteiger charge is -2.16. The van der Waals surface area contributed by atoms with Crippen molar-refractivity contribution in [1.82, 2.24) is 15.2 Å². The van der Waals surface area contributed by atoms with Crippen LogP contribution in [0.1, 0.15) is 46.2 Å². The van der Waals surface area contributed by atoms with Crippen molar-refractivity contribution in [1.29, 1.82) is 0 Å². The molecule has 132 valence electrons. The molecule has 1 heterocycles. The van der Waals surface area contributed by atoms with E-state index in [1.807, 2.05) is 0 Å².